The summed E-state index contributed by atoms with van der Waals surface area (Å²) in [5, 5.41) is 9.57. The maximum Gasteiger partial charge on any atom is 0.314 e. The highest BCUT2D eigenvalue weighted by molar-refractivity contribution is 9.10. The molecule has 0 aromatic heterocycles. The van der Waals surface area contributed by atoms with Crippen LogP contribution in [0.15, 0.2) is 10.5 Å². The minimum absolute atomic E-state index is 0.612. The van der Waals surface area contributed by atoms with Crippen LogP contribution in [0.3, 0.4) is 0 Å². The molecule has 2 aliphatic rings. The van der Waals surface area contributed by atoms with Crippen molar-refractivity contribution < 1.29 is 19.4 Å². The van der Waals surface area contributed by atoms with Gasteiger partial charge in [0.1, 0.15) is 0 Å². The monoisotopic (exact) mass is 340 g/mol. The van der Waals surface area contributed by atoms with Gasteiger partial charge in [-0.3, -0.25) is 4.79 Å². The topological polar surface area (TPSA) is 55.8 Å². The highest BCUT2D eigenvalue weighted by Crippen LogP contribution is 2.55. The van der Waals surface area contributed by atoms with Gasteiger partial charge in [-0.15, -0.1) is 0 Å². The van der Waals surface area contributed by atoms with Crippen LogP contribution in [-0.2, 0) is 16.6 Å². The number of ether oxygens (including phenoxy) is 2. The van der Waals surface area contributed by atoms with E-state index in [1.165, 1.54) is 0 Å². The Balaban J connectivity index is 2.20. The van der Waals surface area contributed by atoms with Gasteiger partial charge in [0.05, 0.1) is 18.6 Å². The number of aliphatic carboxylic acids is 1. The zero-order valence-electron chi connectivity index (χ0n) is 11.4. The largest absolute Gasteiger partial charge is 0.490 e. The van der Waals surface area contributed by atoms with Crippen LogP contribution in [-0.4, -0.2) is 24.3 Å². The van der Waals surface area contributed by atoms with Gasteiger partial charge < -0.3 is 14.6 Å². The van der Waals surface area contributed by atoms with E-state index in [4.69, 9.17) is 9.47 Å². The summed E-state index contributed by atoms with van der Waals surface area (Å²) in [7, 11) is 0. The number of fused-ring (bicyclic) bond motifs is 1. The van der Waals surface area contributed by atoms with Crippen molar-refractivity contribution in [2.24, 2.45) is 0 Å². The second kappa shape index (κ2) is 4.95. The third-order valence-electron chi connectivity index (χ3n) is 4.08. The third kappa shape index (κ3) is 1.99. The Bertz CT molecular complexity index is 563. The molecule has 0 bridgehead atoms. The molecule has 1 heterocycles. The van der Waals surface area contributed by atoms with E-state index in [0.717, 1.165) is 39.9 Å². The van der Waals surface area contributed by atoms with E-state index < -0.39 is 11.4 Å². The standard InChI is InChI=1S/C15H17BrO4/c1-2-9-12(15(4-5-15)14(17)18)10(16)8-11-13(9)20-7-3-6-19-11/h8H,2-7H2,1H3,(H,17,18). The molecule has 108 valence electrons. The average Bonchev–Trinajstić information content (AvgIpc) is 3.21. The quantitative estimate of drug-likeness (QED) is 0.917. The van der Waals surface area contributed by atoms with Crippen molar-refractivity contribution in [2.75, 3.05) is 13.2 Å². The highest BCUT2D eigenvalue weighted by atomic mass is 79.9. The first kappa shape index (κ1) is 13.7. The summed E-state index contributed by atoms with van der Waals surface area (Å²) < 4.78 is 12.4. The molecule has 1 aliphatic heterocycles. The summed E-state index contributed by atoms with van der Waals surface area (Å²) in [6.07, 6.45) is 2.95. The van der Waals surface area contributed by atoms with Crippen LogP contribution in [0.5, 0.6) is 11.5 Å². The van der Waals surface area contributed by atoms with E-state index in [1.807, 2.05) is 13.0 Å². The summed E-state index contributed by atoms with van der Waals surface area (Å²) in [4.78, 5) is 11.6. The maximum absolute atomic E-state index is 11.6. The zero-order chi connectivity index (χ0) is 14.3. The van der Waals surface area contributed by atoms with Crippen molar-refractivity contribution in [3.8, 4) is 11.5 Å². The Morgan fingerprint density at radius 2 is 2.10 bits per heavy atom. The van der Waals surface area contributed by atoms with Gasteiger partial charge >= 0.3 is 5.97 Å². The average molecular weight is 341 g/mol. The molecule has 1 aliphatic carbocycles. The van der Waals surface area contributed by atoms with Crippen molar-refractivity contribution in [3.63, 3.8) is 0 Å². The molecule has 0 atom stereocenters. The van der Waals surface area contributed by atoms with Crippen molar-refractivity contribution in [3.05, 3.63) is 21.7 Å². The summed E-state index contributed by atoms with van der Waals surface area (Å²) >= 11 is 3.54. The molecule has 1 saturated carbocycles. The van der Waals surface area contributed by atoms with E-state index in [-0.39, 0.29) is 0 Å². The van der Waals surface area contributed by atoms with E-state index in [1.54, 1.807) is 0 Å². The summed E-state index contributed by atoms with van der Waals surface area (Å²) in [5.74, 6) is 0.703. The van der Waals surface area contributed by atoms with Crippen molar-refractivity contribution >= 4 is 21.9 Å². The fraction of sp³-hybridized carbons (Fsp3) is 0.533. The molecule has 1 aromatic carbocycles. The lowest BCUT2D eigenvalue weighted by Gasteiger charge is -2.21. The summed E-state index contributed by atoms with van der Waals surface area (Å²) in [6, 6.07) is 1.86. The first-order valence-electron chi connectivity index (χ1n) is 6.95. The number of carboxylic acid groups (broad SMARTS) is 1. The maximum atomic E-state index is 11.6. The van der Waals surface area contributed by atoms with Crippen molar-refractivity contribution in [1.29, 1.82) is 0 Å². The number of benzene rings is 1. The van der Waals surface area contributed by atoms with Crippen LogP contribution >= 0.6 is 15.9 Å². The number of halogens is 1. The number of hydrogen-bond acceptors (Lipinski definition) is 3. The first-order chi connectivity index (χ1) is 9.60. The van der Waals surface area contributed by atoms with Gasteiger partial charge in [-0.2, -0.15) is 0 Å². The van der Waals surface area contributed by atoms with Crippen LogP contribution in [0.2, 0.25) is 0 Å². The highest BCUT2D eigenvalue weighted by Gasteiger charge is 2.54. The Labute approximate surface area is 126 Å². The summed E-state index contributed by atoms with van der Waals surface area (Å²) in [6.45, 7) is 3.27. The van der Waals surface area contributed by atoms with Gasteiger partial charge in [0, 0.05) is 16.5 Å². The molecule has 0 radical (unpaired) electrons. The molecule has 1 aromatic rings. The lowest BCUT2D eigenvalue weighted by atomic mass is 9.89. The van der Waals surface area contributed by atoms with E-state index in [9.17, 15) is 9.90 Å². The number of carboxylic acids is 1. The fourth-order valence-corrected chi connectivity index (χ4v) is 3.72. The smallest absolute Gasteiger partial charge is 0.314 e. The van der Waals surface area contributed by atoms with Gasteiger partial charge in [0.2, 0.25) is 0 Å². The van der Waals surface area contributed by atoms with Gasteiger partial charge in [-0.05, 0) is 30.9 Å². The lowest BCUT2D eigenvalue weighted by molar-refractivity contribution is -0.140. The molecule has 1 fully saturated rings. The predicted octanol–water partition coefficient (Wildman–Crippen LogP) is 3.29. The molecule has 5 heteroatoms. The van der Waals surface area contributed by atoms with Gasteiger partial charge in [-0.25, -0.2) is 0 Å². The Morgan fingerprint density at radius 3 is 2.70 bits per heavy atom. The number of carbonyl (C=O) groups is 1. The molecule has 0 amide bonds. The molecule has 0 spiro atoms. The first-order valence-corrected chi connectivity index (χ1v) is 7.74. The minimum Gasteiger partial charge on any atom is -0.490 e. The normalized spacial score (nSPS) is 19.3. The molecule has 1 N–H and O–H groups in total. The van der Waals surface area contributed by atoms with E-state index >= 15 is 0 Å². The van der Waals surface area contributed by atoms with Crippen LogP contribution in [0.1, 0.15) is 37.3 Å². The van der Waals surface area contributed by atoms with Crippen molar-refractivity contribution in [1.82, 2.24) is 0 Å². The second-order valence-corrected chi connectivity index (χ2v) is 6.18. The molecule has 3 rings (SSSR count). The van der Waals surface area contributed by atoms with Gasteiger partial charge in [0.25, 0.3) is 0 Å². The van der Waals surface area contributed by atoms with E-state index in [2.05, 4.69) is 15.9 Å². The lowest BCUT2D eigenvalue weighted by Crippen LogP contribution is -2.22. The Kier molecular flexibility index (Phi) is 3.40. The summed E-state index contributed by atoms with van der Waals surface area (Å²) in [5.41, 5.74) is 1.10. The minimum atomic E-state index is -0.748. The van der Waals surface area contributed by atoms with Gasteiger partial charge in [0.15, 0.2) is 11.5 Å². The molecular formula is C15H17BrO4. The second-order valence-electron chi connectivity index (χ2n) is 5.33. The SMILES string of the molecule is CCc1c2c(cc(Br)c1C1(C(=O)O)CC1)OCCCO2. The van der Waals surface area contributed by atoms with Crippen LogP contribution in [0, 0.1) is 0 Å². The Morgan fingerprint density at radius 1 is 1.40 bits per heavy atom. The molecule has 0 unspecified atom stereocenters. The predicted molar refractivity (Wildman–Crippen MR) is 77.7 cm³/mol. The van der Waals surface area contributed by atoms with Crippen LogP contribution < -0.4 is 9.47 Å². The van der Waals surface area contributed by atoms with Crippen LogP contribution in [0.4, 0.5) is 0 Å². The third-order valence-corrected chi connectivity index (χ3v) is 4.71. The fourth-order valence-electron chi connectivity index (χ4n) is 2.89. The molecule has 4 nitrogen and oxygen atoms in total. The molecular weight excluding hydrogens is 324 g/mol. The zero-order valence-corrected chi connectivity index (χ0v) is 13.0. The van der Waals surface area contributed by atoms with Crippen molar-refractivity contribution in [2.45, 2.75) is 38.0 Å². The van der Waals surface area contributed by atoms with Crippen LogP contribution in [0.25, 0.3) is 0 Å². The molecule has 0 saturated heterocycles. The number of rotatable bonds is 3. The van der Waals surface area contributed by atoms with Gasteiger partial charge in [-0.1, -0.05) is 22.9 Å². The van der Waals surface area contributed by atoms with E-state index in [0.29, 0.717) is 26.1 Å². The number of hydrogen-bond donors (Lipinski definition) is 1. The Hall–Kier alpha value is -1.23. The molecule has 20 heavy (non-hydrogen) atoms.